The molecule has 45 heavy (non-hydrogen) atoms. The lowest BCUT2D eigenvalue weighted by atomic mass is 10.0. The second kappa shape index (κ2) is 19.9. The summed E-state index contributed by atoms with van der Waals surface area (Å²) in [6, 6.07) is 8.01. The van der Waals surface area contributed by atoms with Gasteiger partial charge in [0, 0.05) is 64.4 Å². The van der Waals surface area contributed by atoms with Gasteiger partial charge in [0.1, 0.15) is 0 Å². The van der Waals surface area contributed by atoms with Crippen LogP contribution < -0.4 is 0 Å². The van der Waals surface area contributed by atoms with Gasteiger partial charge in [0.15, 0.2) is 20.9 Å². The summed E-state index contributed by atoms with van der Waals surface area (Å²) in [6.45, 7) is 15.1. The molecule has 0 bridgehead atoms. The SMILES string of the molecule is CC(C)(C)[Si](C)(C)OCC(CCOC1CCCCO1)c1ccc(Br)cn1.OCC(CCOC1CCCCO1)c1ccc(Br)cn1. The maximum atomic E-state index is 9.45. The molecule has 4 unspecified atom stereocenters. The van der Waals surface area contributed by atoms with Gasteiger partial charge in [-0.2, -0.15) is 0 Å². The zero-order valence-corrected chi connectivity index (χ0v) is 32.0. The Bertz CT molecular complexity index is 1080. The molecule has 0 aromatic carbocycles. The summed E-state index contributed by atoms with van der Waals surface area (Å²) in [5.74, 6) is 0.262. The maximum Gasteiger partial charge on any atom is 0.192 e. The number of pyridine rings is 2. The average Bonchev–Trinajstić information content (AvgIpc) is 3.03. The van der Waals surface area contributed by atoms with Gasteiger partial charge >= 0.3 is 0 Å². The smallest absolute Gasteiger partial charge is 0.192 e. The van der Waals surface area contributed by atoms with E-state index in [0.717, 1.165) is 72.1 Å². The van der Waals surface area contributed by atoms with E-state index >= 15 is 0 Å². The largest absolute Gasteiger partial charge is 0.416 e. The van der Waals surface area contributed by atoms with Crippen molar-refractivity contribution in [2.75, 3.05) is 39.6 Å². The van der Waals surface area contributed by atoms with E-state index in [1.807, 2.05) is 24.4 Å². The third kappa shape index (κ3) is 14.1. The van der Waals surface area contributed by atoms with E-state index in [-0.39, 0.29) is 36.1 Å². The first kappa shape index (κ1) is 38.7. The van der Waals surface area contributed by atoms with Crippen molar-refractivity contribution in [2.45, 2.75) is 115 Å². The topological polar surface area (TPSA) is 92.2 Å². The zero-order valence-electron chi connectivity index (χ0n) is 27.8. The van der Waals surface area contributed by atoms with Crippen LogP contribution in [-0.2, 0) is 23.4 Å². The van der Waals surface area contributed by atoms with Crippen LogP contribution in [0, 0.1) is 0 Å². The van der Waals surface area contributed by atoms with Gasteiger partial charge in [0.25, 0.3) is 0 Å². The molecular formula is C34H54Br2N2O6Si. The second-order valence-electron chi connectivity index (χ2n) is 13.4. The van der Waals surface area contributed by atoms with Crippen LogP contribution in [0.5, 0.6) is 0 Å². The van der Waals surface area contributed by atoms with Crippen LogP contribution in [0.15, 0.2) is 45.6 Å². The van der Waals surface area contributed by atoms with Crippen LogP contribution in [0.1, 0.15) is 95.4 Å². The first-order valence-corrected chi connectivity index (χ1v) is 20.9. The molecule has 2 aliphatic heterocycles. The fourth-order valence-electron chi connectivity index (χ4n) is 4.80. The number of hydrogen-bond acceptors (Lipinski definition) is 8. The van der Waals surface area contributed by atoms with E-state index in [1.165, 1.54) is 12.8 Å². The lowest BCUT2D eigenvalue weighted by Gasteiger charge is -2.37. The highest BCUT2D eigenvalue weighted by Gasteiger charge is 2.37. The van der Waals surface area contributed by atoms with Crippen molar-refractivity contribution in [2.24, 2.45) is 0 Å². The lowest BCUT2D eigenvalue weighted by Crippen LogP contribution is -2.41. The molecule has 4 atom stereocenters. The summed E-state index contributed by atoms with van der Waals surface area (Å²) >= 11 is 6.82. The standard InChI is InChI=1S/C20H34BrNO3Si.C14H20BrNO3/c1-20(2,3)26(4,5)25-15-16(18-10-9-17(21)14-22-18)11-13-24-19-8-6-7-12-23-19;15-12-4-5-13(16-9-12)11(10-17)6-8-19-14-3-1-2-7-18-14/h9-10,14,16,19H,6-8,11-13,15H2,1-5H3;4-5,9,11,14,17H,1-3,6-8,10H2. The molecule has 2 aliphatic rings. The van der Waals surface area contributed by atoms with Crippen LogP contribution in [0.4, 0.5) is 0 Å². The molecule has 2 saturated heterocycles. The normalized spacial score (nSPS) is 20.6. The summed E-state index contributed by atoms with van der Waals surface area (Å²) in [6.07, 6.45) is 11.8. The van der Waals surface area contributed by atoms with E-state index < -0.39 is 8.32 Å². The van der Waals surface area contributed by atoms with Crippen molar-refractivity contribution in [3.05, 3.63) is 57.0 Å². The number of aromatic nitrogens is 2. The van der Waals surface area contributed by atoms with Crippen LogP contribution in [0.2, 0.25) is 18.1 Å². The molecular weight excluding hydrogens is 720 g/mol. The van der Waals surface area contributed by atoms with Crippen LogP contribution in [0.25, 0.3) is 0 Å². The third-order valence-electron chi connectivity index (χ3n) is 8.82. The second-order valence-corrected chi connectivity index (χ2v) is 20.0. The van der Waals surface area contributed by atoms with Crippen molar-refractivity contribution in [1.82, 2.24) is 9.97 Å². The Morgan fingerprint density at radius 3 is 1.71 bits per heavy atom. The molecule has 11 heteroatoms. The molecule has 2 aromatic rings. The van der Waals surface area contributed by atoms with Gasteiger partial charge < -0.3 is 28.5 Å². The Morgan fingerprint density at radius 2 is 1.31 bits per heavy atom. The van der Waals surface area contributed by atoms with Gasteiger partial charge in [-0.15, -0.1) is 0 Å². The molecule has 0 spiro atoms. The lowest BCUT2D eigenvalue weighted by molar-refractivity contribution is -0.163. The highest BCUT2D eigenvalue weighted by Crippen LogP contribution is 2.37. The Balaban J connectivity index is 0.000000257. The molecule has 8 nitrogen and oxygen atoms in total. The number of halogens is 2. The molecule has 4 heterocycles. The van der Waals surface area contributed by atoms with Crippen molar-refractivity contribution in [1.29, 1.82) is 0 Å². The van der Waals surface area contributed by atoms with Gasteiger partial charge in [-0.25, -0.2) is 0 Å². The molecule has 0 saturated carbocycles. The van der Waals surface area contributed by atoms with E-state index in [9.17, 15) is 5.11 Å². The Labute approximate surface area is 288 Å². The molecule has 0 aliphatic carbocycles. The van der Waals surface area contributed by atoms with Crippen LogP contribution in [-0.4, -0.2) is 75.6 Å². The highest BCUT2D eigenvalue weighted by molar-refractivity contribution is 9.10. The van der Waals surface area contributed by atoms with Crippen molar-refractivity contribution in [3.63, 3.8) is 0 Å². The Kier molecular flexibility index (Phi) is 17.1. The molecule has 2 aromatic heterocycles. The molecule has 0 amide bonds. The summed E-state index contributed by atoms with van der Waals surface area (Å²) < 4.78 is 31.2. The average molecular weight is 775 g/mol. The zero-order chi connectivity index (χ0) is 32.7. The number of nitrogens with zero attached hydrogens (tertiary/aromatic N) is 2. The van der Waals surface area contributed by atoms with E-state index in [0.29, 0.717) is 19.8 Å². The minimum atomic E-state index is -1.79. The Hall–Kier alpha value is -0.763. The first-order chi connectivity index (χ1) is 21.5. The molecule has 2 fully saturated rings. The number of aliphatic hydroxyl groups is 1. The number of aliphatic hydroxyl groups excluding tert-OH is 1. The van der Waals surface area contributed by atoms with Crippen molar-refractivity contribution >= 4 is 40.2 Å². The maximum absolute atomic E-state index is 9.45. The van der Waals surface area contributed by atoms with E-state index in [1.54, 1.807) is 6.20 Å². The fourth-order valence-corrected chi connectivity index (χ4v) is 6.32. The fraction of sp³-hybridized carbons (Fsp3) is 0.706. The quantitative estimate of drug-likeness (QED) is 0.191. The number of hydrogen-bond donors (Lipinski definition) is 1. The van der Waals surface area contributed by atoms with Crippen LogP contribution >= 0.6 is 31.9 Å². The number of ether oxygens (including phenoxy) is 4. The molecule has 1 N–H and O–H groups in total. The van der Waals surface area contributed by atoms with E-state index in [4.69, 9.17) is 23.4 Å². The minimum Gasteiger partial charge on any atom is -0.416 e. The molecule has 4 rings (SSSR count). The van der Waals surface area contributed by atoms with Crippen molar-refractivity contribution < 1.29 is 28.5 Å². The van der Waals surface area contributed by atoms with Gasteiger partial charge in [-0.05, 0) is 126 Å². The minimum absolute atomic E-state index is 0.0247. The van der Waals surface area contributed by atoms with Gasteiger partial charge in [-0.1, -0.05) is 20.8 Å². The molecule has 254 valence electrons. The Morgan fingerprint density at radius 1 is 0.822 bits per heavy atom. The van der Waals surface area contributed by atoms with Crippen LogP contribution in [0.3, 0.4) is 0 Å². The number of rotatable bonds is 14. The predicted molar refractivity (Wildman–Crippen MR) is 188 cm³/mol. The molecule has 0 radical (unpaired) electrons. The van der Waals surface area contributed by atoms with Gasteiger partial charge in [0.05, 0.1) is 19.8 Å². The van der Waals surface area contributed by atoms with E-state index in [2.05, 4.69) is 81.8 Å². The monoisotopic (exact) mass is 772 g/mol. The van der Waals surface area contributed by atoms with Crippen molar-refractivity contribution in [3.8, 4) is 0 Å². The highest BCUT2D eigenvalue weighted by atomic mass is 79.9. The van der Waals surface area contributed by atoms with Gasteiger partial charge in [0.2, 0.25) is 0 Å². The third-order valence-corrected chi connectivity index (χ3v) is 14.3. The summed E-state index contributed by atoms with van der Waals surface area (Å²) in [5.41, 5.74) is 1.97. The summed E-state index contributed by atoms with van der Waals surface area (Å²) in [4.78, 5) is 8.93. The van der Waals surface area contributed by atoms with Gasteiger partial charge in [-0.3, -0.25) is 9.97 Å². The first-order valence-electron chi connectivity index (χ1n) is 16.4. The summed E-state index contributed by atoms with van der Waals surface area (Å²) in [7, 11) is -1.79. The summed E-state index contributed by atoms with van der Waals surface area (Å²) in [5, 5.41) is 9.65. The predicted octanol–water partition coefficient (Wildman–Crippen LogP) is 8.74.